The minimum absolute atomic E-state index is 0.198. The topological polar surface area (TPSA) is 47.6 Å². The van der Waals surface area contributed by atoms with Crippen LogP contribution in [0.4, 0.5) is 5.69 Å². The lowest BCUT2D eigenvalue weighted by Gasteiger charge is -2.13. The van der Waals surface area contributed by atoms with Crippen LogP contribution in [0.5, 0.6) is 11.5 Å². The highest BCUT2D eigenvalue weighted by atomic mass is 16.5. The van der Waals surface area contributed by atoms with E-state index in [-0.39, 0.29) is 5.91 Å². The molecule has 0 spiro atoms. The van der Waals surface area contributed by atoms with E-state index >= 15 is 0 Å². The van der Waals surface area contributed by atoms with Gasteiger partial charge in [0.1, 0.15) is 18.1 Å². The first kappa shape index (κ1) is 21.2. The summed E-state index contributed by atoms with van der Waals surface area (Å²) in [5, 5.41) is 2.94. The van der Waals surface area contributed by atoms with Gasteiger partial charge in [-0.1, -0.05) is 72.8 Å². The van der Waals surface area contributed by atoms with Gasteiger partial charge in [0.2, 0.25) is 0 Å². The van der Waals surface area contributed by atoms with Gasteiger partial charge in [0, 0.05) is 12.0 Å². The van der Waals surface area contributed by atoms with Crippen molar-refractivity contribution < 1.29 is 14.3 Å². The van der Waals surface area contributed by atoms with E-state index < -0.39 is 0 Å². The molecule has 0 unspecified atom stereocenters. The van der Waals surface area contributed by atoms with Crippen LogP contribution in [-0.4, -0.2) is 12.5 Å². The lowest BCUT2D eigenvalue weighted by Crippen LogP contribution is -2.13. The number of ether oxygens (including phenoxy) is 2. The largest absolute Gasteiger partial charge is 0.493 e. The maximum absolute atomic E-state index is 12.7. The maximum Gasteiger partial charge on any atom is 0.255 e. The van der Waals surface area contributed by atoms with Crippen LogP contribution in [0.3, 0.4) is 0 Å². The molecule has 0 bridgehead atoms. The monoisotopic (exact) mass is 423 g/mol. The number of para-hydroxylation sites is 2. The van der Waals surface area contributed by atoms with Crippen molar-refractivity contribution in [3.05, 3.63) is 126 Å². The number of hydrogen-bond donors (Lipinski definition) is 1. The lowest BCUT2D eigenvalue weighted by molar-refractivity contribution is 0.102. The first-order valence-corrected chi connectivity index (χ1v) is 10.6. The lowest BCUT2D eigenvalue weighted by atomic mass is 10.1. The molecule has 1 amide bonds. The van der Waals surface area contributed by atoms with Crippen molar-refractivity contribution in [2.45, 2.75) is 13.0 Å². The Labute approximate surface area is 188 Å². The Kier molecular flexibility index (Phi) is 7.17. The van der Waals surface area contributed by atoms with Gasteiger partial charge in [-0.2, -0.15) is 0 Å². The standard InChI is InChI=1S/C28H25NO3/c30-28(24-15-17-25(18-16-24)31-20-19-22-9-3-1-4-10-22)29-26-13-7-8-14-27(26)32-21-23-11-5-2-6-12-23/h1-18H,19-21H2,(H,29,30). The molecule has 0 heterocycles. The zero-order chi connectivity index (χ0) is 22.0. The Morgan fingerprint density at radius 1 is 0.656 bits per heavy atom. The van der Waals surface area contributed by atoms with Crippen molar-refractivity contribution in [3.8, 4) is 11.5 Å². The maximum atomic E-state index is 12.7. The molecule has 160 valence electrons. The van der Waals surface area contributed by atoms with E-state index in [9.17, 15) is 4.79 Å². The summed E-state index contributed by atoms with van der Waals surface area (Å²) in [6.45, 7) is 1.02. The summed E-state index contributed by atoms with van der Waals surface area (Å²) in [7, 11) is 0. The van der Waals surface area contributed by atoms with Gasteiger partial charge in [-0.3, -0.25) is 4.79 Å². The zero-order valence-electron chi connectivity index (χ0n) is 17.7. The van der Waals surface area contributed by atoms with Gasteiger partial charge in [-0.05, 0) is 47.5 Å². The van der Waals surface area contributed by atoms with E-state index in [0.29, 0.717) is 30.2 Å². The van der Waals surface area contributed by atoms with Crippen LogP contribution in [0.1, 0.15) is 21.5 Å². The summed E-state index contributed by atoms with van der Waals surface area (Å²) in [5.74, 6) is 1.17. The smallest absolute Gasteiger partial charge is 0.255 e. The van der Waals surface area contributed by atoms with Gasteiger partial charge in [0.15, 0.2) is 0 Å². The normalized spacial score (nSPS) is 10.4. The average Bonchev–Trinajstić information content (AvgIpc) is 2.85. The molecular weight excluding hydrogens is 398 g/mol. The van der Waals surface area contributed by atoms with Crippen molar-refractivity contribution >= 4 is 11.6 Å². The second kappa shape index (κ2) is 10.8. The highest BCUT2D eigenvalue weighted by Gasteiger charge is 2.10. The van der Waals surface area contributed by atoms with Gasteiger partial charge in [0.05, 0.1) is 12.3 Å². The number of anilines is 1. The van der Waals surface area contributed by atoms with Crippen LogP contribution in [0, 0.1) is 0 Å². The van der Waals surface area contributed by atoms with Crippen LogP contribution in [0.15, 0.2) is 109 Å². The molecule has 0 saturated heterocycles. The zero-order valence-corrected chi connectivity index (χ0v) is 17.7. The molecule has 1 N–H and O–H groups in total. The summed E-state index contributed by atoms with van der Waals surface area (Å²) >= 11 is 0. The Morgan fingerprint density at radius 2 is 1.28 bits per heavy atom. The van der Waals surface area contributed by atoms with Crippen molar-refractivity contribution in [1.82, 2.24) is 0 Å². The highest BCUT2D eigenvalue weighted by molar-refractivity contribution is 6.05. The number of nitrogens with one attached hydrogen (secondary N) is 1. The number of amides is 1. The van der Waals surface area contributed by atoms with E-state index in [1.807, 2.05) is 84.9 Å². The Morgan fingerprint density at radius 3 is 2.00 bits per heavy atom. The molecule has 4 rings (SSSR count). The molecule has 4 nitrogen and oxygen atoms in total. The number of hydrogen-bond acceptors (Lipinski definition) is 3. The summed E-state index contributed by atoms with van der Waals surface area (Å²) in [6, 6.07) is 34.7. The van der Waals surface area contributed by atoms with Gasteiger partial charge in [-0.25, -0.2) is 0 Å². The summed E-state index contributed by atoms with van der Waals surface area (Å²) in [4.78, 5) is 12.7. The number of carbonyl (C=O) groups excluding carboxylic acids is 1. The molecule has 0 aromatic heterocycles. The number of rotatable bonds is 9. The van der Waals surface area contributed by atoms with E-state index in [0.717, 1.165) is 17.7 Å². The second-order valence-corrected chi connectivity index (χ2v) is 7.33. The molecular formula is C28H25NO3. The fraction of sp³-hybridized carbons (Fsp3) is 0.107. The van der Waals surface area contributed by atoms with Crippen LogP contribution in [0.25, 0.3) is 0 Å². The summed E-state index contributed by atoms with van der Waals surface area (Å²) in [6.07, 6.45) is 0.836. The van der Waals surface area contributed by atoms with Gasteiger partial charge < -0.3 is 14.8 Å². The molecule has 0 fully saturated rings. The highest BCUT2D eigenvalue weighted by Crippen LogP contribution is 2.25. The SMILES string of the molecule is O=C(Nc1ccccc1OCc1ccccc1)c1ccc(OCCc2ccccc2)cc1. The predicted molar refractivity (Wildman–Crippen MR) is 127 cm³/mol. The molecule has 4 aromatic carbocycles. The average molecular weight is 424 g/mol. The summed E-state index contributed by atoms with van der Waals surface area (Å²) in [5.41, 5.74) is 3.49. The summed E-state index contributed by atoms with van der Waals surface area (Å²) < 4.78 is 11.7. The first-order valence-electron chi connectivity index (χ1n) is 10.6. The van der Waals surface area contributed by atoms with Crippen molar-refractivity contribution in [2.75, 3.05) is 11.9 Å². The van der Waals surface area contributed by atoms with Crippen LogP contribution < -0.4 is 14.8 Å². The first-order chi connectivity index (χ1) is 15.8. The molecule has 0 aliphatic carbocycles. The Balaban J connectivity index is 1.32. The molecule has 0 saturated carbocycles. The van der Waals surface area contributed by atoms with Crippen LogP contribution in [-0.2, 0) is 13.0 Å². The molecule has 4 aromatic rings. The molecule has 4 heteroatoms. The third-order valence-electron chi connectivity index (χ3n) is 4.99. The molecule has 0 atom stereocenters. The molecule has 0 radical (unpaired) electrons. The van der Waals surface area contributed by atoms with E-state index in [1.54, 1.807) is 12.1 Å². The van der Waals surface area contributed by atoms with Crippen molar-refractivity contribution in [2.24, 2.45) is 0 Å². The quantitative estimate of drug-likeness (QED) is 0.352. The second-order valence-electron chi connectivity index (χ2n) is 7.33. The van der Waals surface area contributed by atoms with Gasteiger partial charge in [0.25, 0.3) is 5.91 Å². The van der Waals surface area contributed by atoms with E-state index in [2.05, 4.69) is 17.4 Å². The van der Waals surface area contributed by atoms with Crippen LogP contribution >= 0.6 is 0 Å². The Hall–Kier alpha value is -4.05. The minimum Gasteiger partial charge on any atom is -0.493 e. The Bertz CT molecular complexity index is 1130. The fourth-order valence-electron chi connectivity index (χ4n) is 3.26. The van der Waals surface area contributed by atoms with Crippen molar-refractivity contribution in [1.29, 1.82) is 0 Å². The predicted octanol–water partition coefficient (Wildman–Crippen LogP) is 6.14. The van der Waals surface area contributed by atoms with Gasteiger partial charge >= 0.3 is 0 Å². The third-order valence-corrected chi connectivity index (χ3v) is 4.99. The molecule has 32 heavy (non-hydrogen) atoms. The third kappa shape index (κ3) is 5.99. The van der Waals surface area contributed by atoms with Gasteiger partial charge in [-0.15, -0.1) is 0 Å². The minimum atomic E-state index is -0.198. The number of benzene rings is 4. The van der Waals surface area contributed by atoms with E-state index in [4.69, 9.17) is 9.47 Å². The molecule has 0 aliphatic rings. The van der Waals surface area contributed by atoms with E-state index in [1.165, 1.54) is 5.56 Å². The molecule has 0 aliphatic heterocycles. The fourth-order valence-corrected chi connectivity index (χ4v) is 3.26. The number of carbonyl (C=O) groups is 1. The van der Waals surface area contributed by atoms with Crippen LogP contribution in [0.2, 0.25) is 0 Å². The van der Waals surface area contributed by atoms with Crippen molar-refractivity contribution in [3.63, 3.8) is 0 Å².